The maximum absolute atomic E-state index is 12.5. The van der Waals surface area contributed by atoms with Gasteiger partial charge >= 0.3 is 12.1 Å². The number of nitrogens with zero attached hydrogens (tertiary/aromatic N) is 1. The molecule has 0 bridgehead atoms. The number of thiazole rings is 1. The molecule has 4 rings (SSSR count). The Balaban J connectivity index is 1.28. The molecule has 1 heterocycles. The van der Waals surface area contributed by atoms with Crippen LogP contribution in [0.25, 0.3) is 11.1 Å². The molecule has 34 heavy (non-hydrogen) atoms. The minimum atomic E-state index is -1.08. The molecule has 2 aromatic carbocycles. The van der Waals surface area contributed by atoms with Gasteiger partial charge in [0.05, 0.1) is 5.01 Å². The highest BCUT2D eigenvalue weighted by molar-refractivity contribution is 7.09. The van der Waals surface area contributed by atoms with E-state index in [0.717, 1.165) is 22.3 Å². The van der Waals surface area contributed by atoms with Gasteiger partial charge in [-0.3, -0.25) is 4.79 Å². The molecule has 1 aromatic heterocycles. The minimum Gasteiger partial charge on any atom is -0.476 e. The molecule has 0 spiro atoms. The third kappa shape index (κ3) is 5.09. The van der Waals surface area contributed by atoms with Crippen molar-refractivity contribution in [2.45, 2.75) is 31.7 Å². The summed E-state index contributed by atoms with van der Waals surface area (Å²) in [7, 11) is 0. The lowest BCUT2D eigenvalue weighted by atomic mass is 9.98. The van der Waals surface area contributed by atoms with Gasteiger partial charge in [0.15, 0.2) is 5.69 Å². The van der Waals surface area contributed by atoms with Crippen LogP contribution < -0.4 is 10.6 Å². The number of aromatic carboxylic acids is 1. The first-order valence-corrected chi connectivity index (χ1v) is 11.9. The van der Waals surface area contributed by atoms with E-state index in [0.29, 0.717) is 17.8 Å². The zero-order valence-electron chi connectivity index (χ0n) is 18.6. The fourth-order valence-corrected chi connectivity index (χ4v) is 4.85. The van der Waals surface area contributed by atoms with Crippen LogP contribution in [0.5, 0.6) is 0 Å². The standard InChI is InChI=1S/C25H25N3O5S/c1-2-20(23(29)26-12-11-22-27-21(14-34-22)24(30)31)28-25(32)33-13-19-17-9-5-3-7-15(17)16-8-4-6-10-18(16)19/h3-10,14,19-20H,2,11-13H2,1H3,(H,26,29)(H,28,32)(H,30,31)/t20-/m1/s1. The number of hydrogen-bond acceptors (Lipinski definition) is 6. The SMILES string of the molecule is CC[C@@H](NC(=O)OCC1c2ccccc2-c2ccccc21)C(=O)NCCc1nc(C(=O)O)cs1. The molecular weight excluding hydrogens is 454 g/mol. The van der Waals surface area contributed by atoms with Crippen LogP contribution in [-0.2, 0) is 16.0 Å². The van der Waals surface area contributed by atoms with Gasteiger partial charge in [0.2, 0.25) is 5.91 Å². The molecule has 1 aliphatic rings. The van der Waals surface area contributed by atoms with Crippen LogP contribution in [0.3, 0.4) is 0 Å². The summed E-state index contributed by atoms with van der Waals surface area (Å²) >= 11 is 1.23. The number of carboxylic acid groups (broad SMARTS) is 1. The van der Waals surface area contributed by atoms with Crippen molar-refractivity contribution in [2.75, 3.05) is 13.2 Å². The Labute approximate surface area is 201 Å². The molecule has 0 saturated heterocycles. The molecule has 0 aliphatic heterocycles. The number of hydrogen-bond donors (Lipinski definition) is 3. The van der Waals surface area contributed by atoms with Crippen LogP contribution in [0.1, 0.15) is 45.9 Å². The van der Waals surface area contributed by atoms with Gasteiger partial charge < -0.3 is 20.5 Å². The average Bonchev–Trinajstić information content (AvgIpc) is 3.44. The zero-order chi connectivity index (χ0) is 24.1. The van der Waals surface area contributed by atoms with E-state index >= 15 is 0 Å². The first-order valence-electron chi connectivity index (χ1n) is 11.0. The molecule has 2 amide bonds. The minimum absolute atomic E-state index is 0.00492. The number of amides is 2. The number of benzene rings is 2. The molecule has 0 fully saturated rings. The lowest BCUT2D eigenvalue weighted by Gasteiger charge is -2.18. The maximum atomic E-state index is 12.5. The van der Waals surface area contributed by atoms with Crippen LogP contribution in [0.2, 0.25) is 0 Å². The Morgan fingerprint density at radius 2 is 1.74 bits per heavy atom. The highest BCUT2D eigenvalue weighted by atomic mass is 32.1. The molecule has 3 aromatic rings. The number of fused-ring (bicyclic) bond motifs is 3. The van der Waals surface area contributed by atoms with E-state index in [1.54, 1.807) is 6.92 Å². The smallest absolute Gasteiger partial charge is 0.407 e. The number of aromatic nitrogens is 1. The number of ether oxygens (including phenoxy) is 1. The molecule has 0 unspecified atom stereocenters. The average molecular weight is 480 g/mol. The lowest BCUT2D eigenvalue weighted by molar-refractivity contribution is -0.123. The Kier molecular flexibility index (Phi) is 7.22. The fourth-order valence-electron chi connectivity index (χ4n) is 4.08. The molecule has 1 aliphatic carbocycles. The monoisotopic (exact) mass is 479 g/mol. The van der Waals surface area contributed by atoms with Crippen molar-refractivity contribution >= 4 is 29.3 Å². The predicted octanol–water partition coefficient (Wildman–Crippen LogP) is 3.82. The first kappa shape index (κ1) is 23.4. The highest BCUT2D eigenvalue weighted by Crippen LogP contribution is 2.44. The van der Waals surface area contributed by atoms with E-state index in [2.05, 4.69) is 27.8 Å². The number of rotatable bonds is 9. The number of carbonyl (C=O) groups excluding carboxylic acids is 2. The van der Waals surface area contributed by atoms with Crippen molar-refractivity contribution in [3.63, 3.8) is 0 Å². The van der Waals surface area contributed by atoms with E-state index in [1.807, 2.05) is 36.4 Å². The third-order valence-corrected chi connectivity index (χ3v) is 6.68. The Morgan fingerprint density at radius 3 is 2.32 bits per heavy atom. The molecule has 0 radical (unpaired) electrons. The first-order chi connectivity index (χ1) is 16.5. The van der Waals surface area contributed by atoms with Crippen LogP contribution in [0, 0.1) is 0 Å². The van der Waals surface area contributed by atoms with Crippen LogP contribution in [-0.4, -0.2) is 47.3 Å². The normalized spacial score (nSPS) is 13.0. The number of nitrogens with one attached hydrogen (secondary N) is 2. The predicted molar refractivity (Wildman–Crippen MR) is 128 cm³/mol. The van der Waals surface area contributed by atoms with Crippen molar-refractivity contribution in [3.05, 3.63) is 75.7 Å². The van der Waals surface area contributed by atoms with Crippen molar-refractivity contribution in [1.82, 2.24) is 15.6 Å². The summed E-state index contributed by atoms with van der Waals surface area (Å²) in [6.07, 6.45) is 0.163. The molecule has 0 saturated carbocycles. The zero-order valence-corrected chi connectivity index (χ0v) is 19.4. The van der Waals surface area contributed by atoms with E-state index in [1.165, 1.54) is 16.7 Å². The van der Waals surface area contributed by atoms with Crippen molar-refractivity contribution in [1.29, 1.82) is 0 Å². The summed E-state index contributed by atoms with van der Waals surface area (Å²) in [5.74, 6) is -1.46. The van der Waals surface area contributed by atoms with Gasteiger partial charge in [0.25, 0.3) is 0 Å². The Morgan fingerprint density at radius 1 is 1.09 bits per heavy atom. The van der Waals surface area contributed by atoms with Crippen LogP contribution >= 0.6 is 11.3 Å². The molecule has 176 valence electrons. The second kappa shape index (κ2) is 10.5. The van der Waals surface area contributed by atoms with E-state index in [9.17, 15) is 14.4 Å². The van der Waals surface area contributed by atoms with Crippen molar-refractivity contribution in [3.8, 4) is 11.1 Å². The van der Waals surface area contributed by atoms with Gasteiger partial charge in [-0.05, 0) is 28.7 Å². The third-order valence-electron chi connectivity index (χ3n) is 5.77. The summed E-state index contributed by atoms with van der Waals surface area (Å²) < 4.78 is 5.53. The van der Waals surface area contributed by atoms with Crippen molar-refractivity contribution < 1.29 is 24.2 Å². The summed E-state index contributed by atoms with van der Waals surface area (Å²) in [5, 5.41) is 16.4. The van der Waals surface area contributed by atoms with Gasteiger partial charge in [0.1, 0.15) is 12.6 Å². The second-order valence-corrected chi connectivity index (χ2v) is 8.85. The van der Waals surface area contributed by atoms with Gasteiger partial charge in [-0.2, -0.15) is 0 Å². The number of carboxylic acids is 1. The summed E-state index contributed by atoms with van der Waals surface area (Å²) in [6.45, 7) is 2.26. The lowest BCUT2D eigenvalue weighted by Crippen LogP contribution is -2.47. The molecule has 1 atom stereocenters. The molecule has 9 heteroatoms. The highest BCUT2D eigenvalue weighted by Gasteiger charge is 2.29. The van der Waals surface area contributed by atoms with E-state index in [4.69, 9.17) is 9.84 Å². The molecule has 3 N–H and O–H groups in total. The van der Waals surface area contributed by atoms with Gasteiger partial charge in [-0.15, -0.1) is 11.3 Å². The summed E-state index contributed by atoms with van der Waals surface area (Å²) in [6, 6.07) is 15.4. The summed E-state index contributed by atoms with van der Waals surface area (Å²) in [4.78, 5) is 39.9. The molecular formula is C25H25N3O5S. The number of carbonyl (C=O) groups is 3. The van der Waals surface area contributed by atoms with Gasteiger partial charge in [-0.1, -0.05) is 55.5 Å². The van der Waals surface area contributed by atoms with Gasteiger partial charge in [0, 0.05) is 24.3 Å². The quantitative estimate of drug-likeness (QED) is 0.430. The summed E-state index contributed by atoms with van der Waals surface area (Å²) in [5.41, 5.74) is 4.53. The second-order valence-electron chi connectivity index (χ2n) is 7.90. The van der Waals surface area contributed by atoms with E-state index < -0.39 is 18.1 Å². The van der Waals surface area contributed by atoms with Crippen molar-refractivity contribution in [2.24, 2.45) is 0 Å². The maximum Gasteiger partial charge on any atom is 0.407 e. The Bertz CT molecular complexity index is 1160. The van der Waals surface area contributed by atoms with Crippen LogP contribution in [0.4, 0.5) is 4.79 Å². The fraction of sp³-hybridized carbons (Fsp3) is 0.280. The molecule has 8 nitrogen and oxygen atoms in total. The largest absolute Gasteiger partial charge is 0.476 e. The Hall–Kier alpha value is -3.72. The number of alkyl carbamates (subject to hydrolysis) is 1. The van der Waals surface area contributed by atoms with E-state index in [-0.39, 0.29) is 30.7 Å². The van der Waals surface area contributed by atoms with Crippen LogP contribution in [0.15, 0.2) is 53.9 Å². The topological polar surface area (TPSA) is 118 Å². The van der Waals surface area contributed by atoms with Gasteiger partial charge in [-0.25, -0.2) is 14.6 Å².